The van der Waals surface area contributed by atoms with Crippen LogP contribution in [-0.2, 0) is 20.5 Å². The van der Waals surface area contributed by atoms with Gasteiger partial charge in [0.25, 0.3) is 5.91 Å². The highest BCUT2D eigenvalue weighted by atomic mass is 16.7. The van der Waals surface area contributed by atoms with Crippen molar-refractivity contribution >= 4 is 18.5 Å². The zero-order valence-electron chi connectivity index (χ0n) is 15.6. The quantitative estimate of drug-likeness (QED) is 0.642. The van der Waals surface area contributed by atoms with Gasteiger partial charge in [0.1, 0.15) is 12.4 Å². The van der Waals surface area contributed by atoms with Crippen LogP contribution in [0.25, 0.3) is 0 Å². The number of fused-ring (bicyclic) bond motifs is 1. The largest absolute Gasteiger partial charge is 0.498 e. The van der Waals surface area contributed by atoms with Crippen LogP contribution < -0.4 is 15.5 Å². The molecule has 2 aliphatic rings. The first-order valence-corrected chi connectivity index (χ1v) is 8.67. The Morgan fingerprint density at radius 3 is 2.48 bits per heavy atom. The van der Waals surface area contributed by atoms with Gasteiger partial charge >= 0.3 is 7.12 Å². The van der Waals surface area contributed by atoms with Gasteiger partial charge in [-0.15, -0.1) is 0 Å². The molecule has 1 aromatic carbocycles. The van der Waals surface area contributed by atoms with E-state index in [9.17, 15) is 4.79 Å². The van der Waals surface area contributed by atoms with Crippen LogP contribution in [0.4, 0.5) is 0 Å². The highest BCUT2D eigenvalue weighted by molar-refractivity contribution is 6.63. The van der Waals surface area contributed by atoms with Gasteiger partial charge in [0.05, 0.1) is 17.8 Å². The molecule has 25 heavy (non-hydrogen) atoms. The minimum Gasteiger partial charge on any atom is -0.492 e. The van der Waals surface area contributed by atoms with Gasteiger partial charge in [-0.3, -0.25) is 4.79 Å². The van der Waals surface area contributed by atoms with Crippen molar-refractivity contribution in [1.82, 2.24) is 5.32 Å². The molecule has 0 atom stereocenters. The fourth-order valence-corrected chi connectivity index (χ4v) is 2.98. The summed E-state index contributed by atoms with van der Waals surface area (Å²) in [6, 6.07) is 3.78. The highest BCUT2D eigenvalue weighted by Crippen LogP contribution is 2.37. The molecule has 6 nitrogen and oxygen atoms in total. The Kier molecular flexibility index (Phi) is 4.83. The van der Waals surface area contributed by atoms with Crippen molar-refractivity contribution in [2.45, 2.75) is 45.3 Å². The number of rotatable bonds is 5. The maximum atomic E-state index is 12.2. The molecule has 0 bridgehead atoms. The third kappa shape index (κ3) is 3.41. The van der Waals surface area contributed by atoms with E-state index in [0.29, 0.717) is 31.1 Å². The molecule has 1 fully saturated rings. The number of carbonyl (C=O) groups excluding carboxylic acids is 1. The van der Waals surface area contributed by atoms with E-state index < -0.39 is 18.3 Å². The second-order valence-corrected chi connectivity index (χ2v) is 7.48. The molecule has 0 spiro atoms. The van der Waals surface area contributed by atoms with Crippen molar-refractivity contribution in [2.24, 2.45) is 0 Å². The van der Waals surface area contributed by atoms with E-state index in [2.05, 4.69) is 5.32 Å². The Labute approximate surface area is 149 Å². The summed E-state index contributed by atoms with van der Waals surface area (Å²) in [5.41, 5.74) is 1.47. The predicted molar refractivity (Wildman–Crippen MR) is 95.6 cm³/mol. The molecular weight excluding hydrogens is 321 g/mol. The zero-order chi connectivity index (χ0) is 18.2. The lowest BCUT2D eigenvalue weighted by Gasteiger charge is -2.32. The van der Waals surface area contributed by atoms with Crippen LogP contribution in [0.15, 0.2) is 12.1 Å². The Bertz CT molecular complexity index is 658. The van der Waals surface area contributed by atoms with Gasteiger partial charge in [-0.2, -0.15) is 0 Å². The first-order chi connectivity index (χ1) is 11.7. The van der Waals surface area contributed by atoms with Gasteiger partial charge in [0.15, 0.2) is 0 Å². The fourth-order valence-electron chi connectivity index (χ4n) is 2.98. The number of nitrogens with one attached hydrogen (secondary N) is 1. The molecule has 0 saturated carbocycles. The summed E-state index contributed by atoms with van der Waals surface area (Å²) >= 11 is 0. The summed E-state index contributed by atoms with van der Waals surface area (Å²) in [7, 11) is 1.05. The summed E-state index contributed by atoms with van der Waals surface area (Å²) < 4.78 is 23.3. The molecule has 0 radical (unpaired) electrons. The van der Waals surface area contributed by atoms with Crippen LogP contribution in [-0.4, -0.2) is 51.1 Å². The first-order valence-electron chi connectivity index (χ1n) is 8.67. The topological polar surface area (TPSA) is 66.0 Å². The third-order valence-electron chi connectivity index (χ3n) is 5.21. The molecule has 0 aromatic heterocycles. The molecule has 1 saturated heterocycles. The number of amides is 1. The van der Waals surface area contributed by atoms with E-state index in [1.807, 2.05) is 39.8 Å². The minimum absolute atomic E-state index is 0.0672. The highest BCUT2D eigenvalue weighted by Gasteiger charge is 2.52. The number of benzene rings is 1. The Morgan fingerprint density at radius 2 is 1.84 bits per heavy atom. The Hall–Kier alpha value is -1.57. The summed E-state index contributed by atoms with van der Waals surface area (Å²) in [5, 5.41) is 2.88. The van der Waals surface area contributed by atoms with Crippen LogP contribution >= 0.6 is 0 Å². The SMILES string of the molecule is COCCOc1cc2c(cc1B1OC(C)(C)C(C)(C)O1)C(=O)NCC2. The molecule has 0 aliphatic carbocycles. The van der Waals surface area contributed by atoms with Crippen molar-refractivity contribution in [3.05, 3.63) is 23.3 Å². The number of carbonyl (C=O) groups is 1. The van der Waals surface area contributed by atoms with Crippen LogP contribution in [0.1, 0.15) is 43.6 Å². The Morgan fingerprint density at radius 1 is 1.16 bits per heavy atom. The number of hydrogen-bond donors (Lipinski definition) is 1. The van der Waals surface area contributed by atoms with Crippen molar-refractivity contribution in [3.8, 4) is 5.75 Å². The molecule has 1 N–H and O–H groups in total. The first kappa shape index (κ1) is 18.2. The van der Waals surface area contributed by atoms with Gasteiger partial charge in [-0.25, -0.2) is 0 Å². The third-order valence-corrected chi connectivity index (χ3v) is 5.21. The average molecular weight is 347 g/mol. The predicted octanol–water partition coefficient (Wildman–Crippen LogP) is 1.30. The smallest absolute Gasteiger partial charge is 0.492 e. The van der Waals surface area contributed by atoms with Crippen LogP contribution in [0.5, 0.6) is 5.75 Å². The molecular formula is C18H26BNO5. The van der Waals surface area contributed by atoms with E-state index in [0.717, 1.165) is 17.4 Å². The number of methoxy groups -OCH3 is 1. The van der Waals surface area contributed by atoms with E-state index in [1.54, 1.807) is 7.11 Å². The van der Waals surface area contributed by atoms with Gasteiger partial charge < -0.3 is 24.1 Å². The van der Waals surface area contributed by atoms with Crippen molar-refractivity contribution in [3.63, 3.8) is 0 Å². The molecule has 1 amide bonds. The van der Waals surface area contributed by atoms with Crippen LogP contribution in [0.3, 0.4) is 0 Å². The lowest BCUT2D eigenvalue weighted by molar-refractivity contribution is 0.00578. The number of ether oxygens (including phenoxy) is 2. The second-order valence-electron chi connectivity index (χ2n) is 7.48. The van der Waals surface area contributed by atoms with Crippen molar-refractivity contribution in [2.75, 3.05) is 26.9 Å². The lowest BCUT2D eigenvalue weighted by Crippen LogP contribution is -2.41. The molecule has 1 aromatic rings. The van der Waals surface area contributed by atoms with Gasteiger partial charge in [0.2, 0.25) is 0 Å². The molecule has 7 heteroatoms. The van der Waals surface area contributed by atoms with Gasteiger partial charge in [-0.05, 0) is 51.8 Å². The normalized spacial score (nSPS) is 21.0. The monoisotopic (exact) mass is 347 g/mol. The molecule has 2 aliphatic heterocycles. The van der Waals surface area contributed by atoms with E-state index in [-0.39, 0.29) is 5.91 Å². The van der Waals surface area contributed by atoms with Crippen molar-refractivity contribution in [1.29, 1.82) is 0 Å². The van der Waals surface area contributed by atoms with Crippen molar-refractivity contribution < 1.29 is 23.6 Å². The van der Waals surface area contributed by atoms with Gasteiger partial charge in [-0.1, -0.05) is 0 Å². The van der Waals surface area contributed by atoms with E-state index >= 15 is 0 Å². The Balaban J connectivity index is 1.98. The number of hydrogen-bond acceptors (Lipinski definition) is 5. The van der Waals surface area contributed by atoms with E-state index in [1.165, 1.54) is 0 Å². The van der Waals surface area contributed by atoms with Crippen LogP contribution in [0.2, 0.25) is 0 Å². The average Bonchev–Trinajstić information content (AvgIpc) is 2.75. The van der Waals surface area contributed by atoms with Crippen LogP contribution in [0, 0.1) is 0 Å². The fraction of sp³-hybridized carbons (Fsp3) is 0.611. The maximum absolute atomic E-state index is 12.2. The van der Waals surface area contributed by atoms with E-state index in [4.69, 9.17) is 18.8 Å². The summed E-state index contributed by atoms with van der Waals surface area (Å²) in [6.07, 6.45) is 0.783. The maximum Gasteiger partial charge on any atom is 0.498 e. The summed E-state index contributed by atoms with van der Waals surface area (Å²) in [5.74, 6) is 0.617. The molecule has 136 valence electrons. The lowest BCUT2D eigenvalue weighted by atomic mass is 9.76. The minimum atomic E-state index is -0.581. The molecule has 2 heterocycles. The zero-order valence-corrected chi connectivity index (χ0v) is 15.6. The molecule has 0 unspecified atom stereocenters. The van der Waals surface area contributed by atoms with Gasteiger partial charge in [0, 0.05) is 24.7 Å². The molecule has 3 rings (SSSR count). The standard InChI is InChI=1S/C18H26BNO5/c1-17(2)18(3,4)25-19(24-17)14-11-13-12(6-7-20-16(13)21)10-15(14)23-9-8-22-5/h10-11H,6-9H2,1-5H3,(H,20,21). The second kappa shape index (κ2) is 6.63. The summed E-state index contributed by atoms with van der Waals surface area (Å²) in [6.45, 7) is 9.56. The summed E-state index contributed by atoms with van der Waals surface area (Å²) in [4.78, 5) is 12.2.